The van der Waals surface area contributed by atoms with Crippen molar-refractivity contribution < 1.29 is 69.3 Å². The molecule has 0 aliphatic heterocycles. The maximum absolute atomic E-state index is 9.43. The summed E-state index contributed by atoms with van der Waals surface area (Å²) < 4.78 is 0. The van der Waals surface area contributed by atoms with E-state index in [1.165, 1.54) is 0 Å². The molecule has 4 aromatic carbocycles. The average Bonchev–Trinajstić information content (AvgIpc) is 3.16. The van der Waals surface area contributed by atoms with Crippen LogP contribution in [0.15, 0.2) is 97.1 Å². The summed E-state index contributed by atoms with van der Waals surface area (Å²) in [5.41, 5.74) is 4.92. The summed E-state index contributed by atoms with van der Waals surface area (Å²) in [6.07, 6.45) is 3.90. The van der Waals surface area contributed by atoms with Crippen molar-refractivity contribution >= 4 is 70.6 Å². The monoisotopic (exact) mass is 740 g/mol. The Morgan fingerprint density at radius 2 is 0.852 bits per heavy atom. The number of hydrogen-bond donors (Lipinski definition) is 6. The number of para-hydroxylation sites is 2. The van der Waals surface area contributed by atoms with E-state index in [9.17, 15) is 10.2 Å². The molecule has 0 aliphatic carbocycles. The van der Waals surface area contributed by atoms with Gasteiger partial charge in [-0.15, -0.1) is 48.5 Å². The van der Waals surface area contributed by atoms with Crippen molar-refractivity contribution in [1.82, 2.24) is 29.9 Å². The Kier molecular flexibility index (Phi) is 16.6. The first-order valence-corrected chi connectivity index (χ1v) is 16.5. The fourth-order valence-electron chi connectivity index (χ4n) is 4.77. The fourth-order valence-corrected chi connectivity index (χ4v) is 4.77. The summed E-state index contributed by atoms with van der Waals surface area (Å²) in [6.45, 7) is 0.680. The Bertz CT molecular complexity index is 1910. The Labute approximate surface area is 358 Å². The van der Waals surface area contributed by atoms with E-state index in [0.717, 1.165) is 33.9 Å². The third-order valence-corrected chi connectivity index (χ3v) is 7.49. The number of benzene rings is 4. The maximum atomic E-state index is 9.43. The predicted octanol–water partition coefficient (Wildman–Crippen LogP) is -0.333. The van der Waals surface area contributed by atoms with Crippen LogP contribution in [0.3, 0.4) is 0 Å². The number of aromatic nitrogens is 6. The molecule has 0 atom stereocenters. The van der Waals surface area contributed by atoms with E-state index in [4.69, 9.17) is 0 Å². The van der Waals surface area contributed by atoms with E-state index in [1.807, 2.05) is 123 Å². The minimum absolute atomic E-state index is 0. The molecule has 0 saturated carbocycles. The van der Waals surface area contributed by atoms with Gasteiger partial charge in [0, 0.05) is 38.6 Å². The summed E-state index contributed by atoms with van der Waals surface area (Å²) in [5, 5.41) is 31.7. The number of aliphatic hydroxyl groups excluding tert-OH is 2. The van der Waals surface area contributed by atoms with Gasteiger partial charge in [0.1, 0.15) is 0 Å². The van der Waals surface area contributed by atoms with Crippen molar-refractivity contribution in [3.05, 3.63) is 120 Å². The molecule has 16 heteroatoms. The van der Waals surface area contributed by atoms with Gasteiger partial charge in [-0.05, 0) is 35.6 Å². The number of nitrogens with zero attached hydrogens (tertiary/aromatic N) is 8. The van der Waals surface area contributed by atoms with Crippen molar-refractivity contribution in [1.29, 1.82) is 0 Å². The first kappa shape index (κ1) is 42.1. The van der Waals surface area contributed by atoms with Crippen molar-refractivity contribution in [2.45, 2.75) is 0 Å². The average molecular weight is 741 g/mol. The molecule has 54 heavy (non-hydrogen) atoms. The molecule has 6 rings (SSSR count). The molecule has 0 bridgehead atoms. The SMILES string of the molecule is CN(CCO)c1nc(Nc2c[c-]c(C=Cc3[c-]cc(Nc4nc(Nc5ccccc5)nc(N(C)CCO)n4)cc3)cc2)nc(Nc2ccccc2)n1.[Na+].[Na+]. The Balaban J connectivity index is 0.00000325. The van der Waals surface area contributed by atoms with E-state index in [2.05, 4.69) is 63.3 Å². The third-order valence-electron chi connectivity index (χ3n) is 7.49. The fraction of sp³-hybridized carbons (Fsp3) is 0.158. The normalized spacial score (nSPS) is 10.5. The molecule has 0 aliphatic rings. The number of hydrogen-bond acceptors (Lipinski definition) is 14. The maximum Gasteiger partial charge on any atom is 1.00 e. The van der Waals surface area contributed by atoms with E-state index in [-0.39, 0.29) is 72.3 Å². The van der Waals surface area contributed by atoms with Gasteiger partial charge in [-0.25, -0.2) is 0 Å². The van der Waals surface area contributed by atoms with Crippen LogP contribution in [0.4, 0.5) is 58.4 Å². The second-order valence-electron chi connectivity index (χ2n) is 11.5. The minimum atomic E-state index is -0.0323. The summed E-state index contributed by atoms with van der Waals surface area (Å²) in [4.78, 5) is 30.7. The van der Waals surface area contributed by atoms with Gasteiger partial charge in [0.05, 0.1) is 13.2 Å². The molecule has 14 nitrogen and oxygen atoms in total. The number of anilines is 10. The number of nitrogens with one attached hydrogen (secondary N) is 4. The molecular formula is C38H38N12Na2O2. The molecule has 6 N–H and O–H groups in total. The second kappa shape index (κ2) is 21.3. The van der Waals surface area contributed by atoms with Crippen LogP contribution < -0.4 is 90.2 Å². The van der Waals surface area contributed by atoms with Gasteiger partial charge in [-0.2, -0.15) is 53.2 Å². The molecule has 2 aromatic heterocycles. The van der Waals surface area contributed by atoms with Gasteiger partial charge < -0.3 is 41.3 Å². The molecule has 0 saturated heterocycles. The molecule has 0 radical (unpaired) electrons. The molecular weight excluding hydrogens is 702 g/mol. The van der Waals surface area contributed by atoms with E-state index in [0.29, 0.717) is 48.8 Å². The smallest absolute Gasteiger partial charge is 0.395 e. The minimum Gasteiger partial charge on any atom is -0.395 e. The van der Waals surface area contributed by atoms with Gasteiger partial charge >= 0.3 is 59.1 Å². The quantitative estimate of drug-likeness (QED) is 0.0433. The molecule has 264 valence electrons. The zero-order valence-electron chi connectivity index (χ0n) is 30.7. The summed E-state index contributed by atoms with van der Waals surface area (Å²) in [5.74, 6) is 2.28. The zero-order valence-corrected chi connectivity index (χ0v) is 34.7. The van der Waals surface area contributed by atoms with Gasteiger partial charge in [-0.3, -0.25) is 0 Å². The number of likely N-dealkylation sites (N-methyl/N-ethyl adjacent to an activating group) is 2. The van der Waals surface area contributed by atoms with E-state index < -0.39 is 0 Å². The van der Waals surface area contributed by atoms with Crippen molar-refractivity contribution in [3.8, 4) is 0 Å². The van der Waals surface area contributed by atoms with Crippen LogP contribution >= 0.6 is 0 Å². The molecule has 0 fully saturated rings. The van der Waals surface area contributed by atoms with Crippen molar-refractivity contribution in [2.75, 3.05) is 71.5 Å². The van der Waals surface area contributed by atoms with Crippen LogP contribution in [-0.2, 0) is 0 Å². The Hall–Kier alpha value is -4.64. The predicted molar refractivity (Wildman–Crippen MR) is 206 cm³/mol. The largest absolute Gasteiger partial charge is 1.00 e. The van der Waals surface area contributed by atoms with Crippen molar-refractivity contribution in [2.24, 2.45) is 0 Å². The van der Waals surface area contributed by atoms with E-state index >= 15 is 0 Å². The first-order valence-electron chi connectivity index (χ1n) is 16.5. The third kappa shape index (κ3) is 12.5. The zero-order chi connectivity index (χ0) is 36.1. The molecule has 0 spiro atoms. The van der Waals surface area contributed by atoms with Gasteiger partial charge in [0.2, 0.25) is 35.7 Å². The standard InChI is InChI=1S/C38H38N12O2.2Na/c1-49(23-25-51)37-45-33(39-29-9-5-3-6-10-29)43-35(47-37)41-31-19-15-27(16-20-31)13-14-28-17-21-32(22-18-28)42-36-44-34(40-30-11-7-4-8-12-30)46-38(48-36)50(2)24-26-52;;/h3-15,17,19-22,51-52H,23-26H2,1-2H3,(H2,39,41,43,45,47)(H2,40,42,44,46,48);;/q-2;2*+1. The van der Waals surface area contributed by atoms with E-state index in [1.54, 1.807) is 9.80 Å². The molecule has 6 aromatic rings. The van der Waals surface area contributed by atoms with Gasteiger partial charge in [0.15, 0.2) is 0 Å². The topological polar surface area (TPSA) is 172 Å². The number of aliphatic hydroxyl groups is 2. The van der Waals surface area contributed by atoms with Crippen LogP contribution in [0.5, 0.6) is 0 Å². The Morgan fingerprint density at radius 3 is 1.17 bits per heavy atom. The Morgan fingerprint density at radius 1 is 0.500 bits per heavy atom. The second-order valence-corrected chi connectivity index (χ2v) is 11.5. The number of rotatable bonds is 16. The molecule has 0 unspecified atom stereocenters. The van der Waals surface area contributed by atoms with Crippen LogP contribution in [-0.4, -0.2) is 80.5 Å². The first-order chi connectivity index (χ1) is 25.4. The molecule has 2 heterocycles. The van der Waals surface area contributed by atoms with Crippen LogP contribution in [0.2, 0.25) is 0 Å². The van der Waals surface area contributed by atoms with Gasteiger partial charge in [-0.1, -0.05) is 36.4 Å². The summed E-state index contributed by atoms with van der Waals surface area (Å²) in [7, 11) is 3.62. The summed E-state index contributed by atoms with van der Waals surface area (Å²) >= 11 is 0. The van der Waals surface area contributed by atoms with Crippen LogP contribution in [0, 0.1) is 12.1 Å². The molecule has 0 amide bonds. The van der Waals surface area contributed by atoms with Crippen LogP contribution in [0.1, 0.15) is 11.1 Å². The van der Waals surface area contributed by atoms with Crippen LogP contribution in [0.25, 0.3) is 12.2 Å². The van der Waals surface area contributed by atoms with Gasteiger partial charge in [0.25, 0.3) is 0 Å². The summed E-state index contributed by atoms with van der Waals surface area (Å²) in [6, 6.07) is 37.2. The van der Waals surface area contributed by atoms with Crippen molar-refractivity contribution in [3.63, 3.8) is 0 Å².